The molecule has 0 atom stereocenters. The Morgan fingerprint density at radius 3 is 2.90 bits per heavy atom. The Labute approximate surface area is 125 Å². The SMILES string of the molecule is CN(C)c1ccnc2sc3c(=O)n(CC4CC4)cnc3c12. The molecule has 3 heterocycles. The average Bonchev–Trinajstić information content (AvgIpc) is 3.19. The Hall–Kier alpha value is -1.95. The van der Waals surface area contributed by atoms with Crippen molar-refractivity contribution in [1.82, 2.24) is 14.5 Å². The molecule has 3 aromatic rings. The standard InChI is InChI=1S/C15H16N4OS/c1-18(2)10-5-6-16-14-11(10)12-13(21-14)15(20)19(8-17-12)7-9-3-4-9/h5-6,8-9H,3-4,7H2,1-2H3. The fourth-order valence-electron chi connectivity index (χ4n) is 2.65. The number of rotatable bonds is 3. The Bertz CT molecular complexity index is 892. The van der Waals surface area contributed by atoms with Crippen LogP contribution in [0.25, 0.3) is 20.4 Å². The van der Waals surface area contributed by atoms with Crippen molar-refractivity contribution in [2.75, 3.05) is 19.0 Å². The van der Waals surface area contributed by atoms with Crippen LogP contribution in [0.5, 0.6) is 0 Å². The fourth-order valence-corrected chi connectivity index (χ4v) is 3.72. The molecule has 0 spiro atoms. The average molecular weight is 300 g/mol. The summed E-state index contributed by atoms with van der Waals surface area (Å²) in [6, 6.07) is 1.96. The summed E-state index contributed by atoms with van der Waals surface area (Å²) in [4.78, 5) is 24.5. The summed E-state index contributed by atoms with van der Waals surface area (Å²) in [7, 11) is 3.99. The van der Waals surface area contributed by atoms with E-state index in [1.807, 2.05) is 25.1 Å². The molecular formula is C15H16N4OS. The molecule has 0 bridgehead atoms. The largest absolute Gasteiger partial charge is 0.377 e. The van der Waals surface area contributed by atoms with Crippen molar-refractivity contribution < 1.29 is 0 Å². The summed E-state index contributed by atoms with van der Waals surface area (Å²) in [6.45, 7) is 0.796. The van der Waals surface area contributed by atoms with Crippen LogP contribution in [0.1, 0.15) is 12.8 Å². The quantitative estimate of drug-likeness (QED) is 0.745. The van der Waals surface area contributed by atoms with Crippen molar-refractivity contribution in [2.45, 2.75) is 19.4 Å². The molecule has 1 saturated carbocycles. The first-order valence-electron chi connectivity index (χ1n) is 7.09. The highest BCUT2D eigenvalue weighted by molar-refractivity contribution is 7.25. The topological polar surface area (TPSA) is 51.0 Å². The van der Waals surface area contributed by atoms with Crippen molar-refractivity contribution in [1.29, 1.82) is 0 Å². The molecule has 0 radical (unpaired) electrons. The lowest BCUT2D eigenvalue weighted by molar-refractivity contribution is 0.602. The van der Waals surface area contributed by atoms with E-state index in [-0.39, 0.29) is 5.56 Å². The van der Waals surface area contributed by atoms with Crippen LogP contribution < -0.4 is 10.5 Å². The van der Waals surface area contributed by atoms with Gasteiger partial charge in [-0.25, -0.2) is 9.97 Å². The molecule has 3 aromatic heterocycles. The molecule has 1 aliphatic rings. The number of hydrogen-bond acceptors (Lipinski definition) is 5. The monoisotopic (exact) mass is 300 g/mol. The van der Waals surface area contributed by atoms with Gasteiger partial charge in [0, 0.05) is 26.8 Å². The first kappa shape index (κ1) is 12.8. The highest BCUT2D eigenvalue weighted by atomic mass is 32.1. The molecule has 4 rings (SSSR count). The molecule has 0 aromatic carbocycles. The third-order valence-electron chi connectivity index (χ3n) is 3.96. The molecule has 0 amide bonds. The molecule has 0 unspecified atom stereocenters. The second-order valence-corrected chi connectivity index (χ2v) is 6.83. The van der Waals surface area contributed by atoms with E-state index in [1.54, 1.807) is 17.1 Å². The summed E-state index contributed by atoms with van der Waals surface area (Å²) in [5, 5.41) is 0.984. The van der Waals surface area contributed by atoms with Crippen molar-refractivity contribution in [3.63, 3.8) is 0 Å². The lowest BCUT2D eigenvalue weighted by atomic mass is 10.2. The van der Waals surface area contributed by atoms with E-state index in [4.69, 9.17) is 0 Å². The Morgan fingerprint density at radius 2 is 2.19 bits per heavy atom. The molecule has 0 aliphatic heterocycles. The second kappa shape index (κ2) is 4.53. The third-order valence-corrected chi connectivity index (χ3v) is 5.03. The molecule has 21 heavy (non-hydrogen) atoms. The van der Waals surface area contributed by atoms with Crippen LogP contribution in [0, 0.1) is 5.92 Å². The van der Waals surface area contributed by atoms with Gasteiger partial charge in [-0.05, 0) is 24.8 Å². The van der Waals surface area contributed by atoms with E-state index in [9.17, 15) is 4.79 Å². The number of anilines is 1. The zero-order valence-electron chi connectivity index (χ0n) is 12.0. The minimum atomic E-state index is 0.0691. The maximum Gasteiger partial charge on any atom is 0.271 e. The summed E-state index contributed by atoms with van der Waals surface area (Å²) in [5.41, 5.74) is 1.90. The van der Waals surface area contributed by atoms with Crippen LogP contribution in [0.3, 0.4) is 0 Å². The minimum absolute atomic E-state index is 0.0691. The predicted octanol–water partition coefficient (Wildman–Crippen LogP) is 2.48. The highest BCUT2D eigenvalue weighted by Crippen LogP contribution is 2.35. The van der Waals surface area contributed by atoms with E-state index < -0.39 is 0 Å². The molecule has 108 valence electrons. The number of nitrogens with zero attached hydrogens (tertiary/aromatic N) is 4. The summed E-state index contributed by atoms with van der Waals surface area (Å²) < 4.78 is 2.47. The Morgan fingerprint density at radius 1 is 1.38 bits per heavy atom. The van der Waals surface area contributed by atoms with Crippen LogP contribution in [-0.4, -0.2) is 28.6 Å². The van der Waals surface area contributed by atoms with Gasteiger partial charge in [0.05, 0.1) is 22.9 Å². The van der Waals surface area contributed by atoms with Gasteiger partial charge in [0.25, 0.3) is 5.56 Å². The van der Waals surface area contributed by atoms with Crippen LogP contribution in [0.15, 0.2) is 23.4 Å². The van der Waals surface area contributed by atoms with Crippen molar-refractivity contribution in [3.8, 4) is 0 Å². The van der Waals surface area contributed by atoms with Gasteiger partial charge < -0.3 is 4.90 Å². The lowest BCUT2D eigenvalue weighted by Crippen LogP contribution is -2.20. The highest BCUT2D eigenvalue weighted by Gasteiger charge is 2.23. The second-order valence-electron chi connectivity index (χ2n) is 5.83. The van der Waals surface area contributed by atoms with Crippen molar-refractivity contribution >= 4 is 37.5 Å². The smallest absolute Gasteiger partial charge is 0.271 e. The van der Waals surface area contributed by atoms with Gasteiger partial charge in [-0.3, -0.25) is 9.36 Å². The molecule has 0 N–H and O–H groups in total. The number of aromatic nitrogens is 3. The van der Waals surface area contributed by atoms with Gasteiger partial charge in [0.15, 0.2) is 0 Å². The summed E-state index contributed by atoms with van der Waals surface area (Å²) in [6.07, 6.45) is 5.93. The molecule has 1 aliphatic carbocycles. The van der Waals surface area contributed by atoms with Crippen molar-refractivity contribution in [3.05, 3.63) is 28.9 Å². The van der Waals surface area contributed by atoms with Crippen LogP contribution >= 0.6 is 11.3 Å². The molecule has 1 fully saturated rings. The van der Waals surface area contributed by atoms with Gasteiger partial charge in [-0.15, -0.1) is 11.3 Å². The number of hydrogen-bond donors (Lipinski definition) is 0. The Balaban J connectivity index is 2.01. The van der Waals surface area contributed by atoms with Gasteiger partial charge >= 0.3 is 0 Å². The Kier molecular flexibility index (Phi) is 2.75. The molecular weight excluding hydrogens is 284 g/mol. The van der Waals surface area contributed by atoms with Crippen LogP contribution in [0.2, 0.25) is 0 Å². The van der Waals surface area contributed by atoms with E-state index in [0.29, 0.717) is 5.92 Å². The van der Waals surface area contributed by atoms with Gasteiger partial charge in [0.1, 0.15) is 9.53 Å². The third kappa shape index (κ3) is 2.01. The summed E-state index contributed by atoms with van der Waals surface area (Å²) >= 11 is 1.45. The maximum atomic E-state index is 12.6. The number of pyridine rings is 1. The molecule has 6 heteroatoms. The maximum absolute atomic E-state index is 12.6. The van der Waals surface area contributed by atoms with Crippen molar-refractivity contribution in [2.24, 2.45) is 5.92 Å². The van der Waals surface area contributed by atoms with Crippen LogP contribution in [-0.2, 0) is 6.54 Å². The zero-order chi connectivity index (χ0) is 14.6. The van der Waals surface area contributed by atoms with Gasteiger partial charge in [0.2, 0.25) is 0 Å². The number of thiophene rings is 1. The first-order valence-corrected chi connectivity index (χ1v) is 7.91. The van der Waals surface area contributed by atoms with Crippen LogP contribution in [0.4, 0.5) is 5.69 Å². The molecule has 0 saturated heterocycles. The van der Waals surface area contributed by atoms with E-state index in [1.165, 1.54) is 24.2 Å². The van der Waals surface area contributed by atoms with E-state index in [0.717, 1.165) is 32.7 Å². The molecule has 5 nitrogen and oxygen atoms in total. The minimum Gasteiger partial charge on any atom is -0.377 e. The first-order chi connectivity index (χ1) is 10.1. The lowest BCUT2D eigenvalue weighted by Gasteiger charge is -2.13. The summed E-state index contributed by atoms with van der Waals surface area (Å²) in [5.74, 6) is 0.659. The van der Waals surface area contributed by atoms with Gasteiger partial charge in [-0.2, -0.15) is 0 Å². The van der Waals surface area contributed by atoms with Gasteiger partial charge in [-0.1, -0.05) is 0 Å². The zero-order valence-corrected chi connectivity index (χ0v) is 12.9. The fraction of sp³-hybridized carbons (Fsp3) is 0.400. The number of fused-ring (bicyclic) bond motifs is 3. The normalized spacial score (nSPS) is 15.0. The van der Waals surface area contributed by atoms with E-state index in [2.05, 4.69) is 9.97 Å². The predicted molar refractivity (Wildman–Crippen MR) is 86.2 cm³/mol. The van der Waals surface area contributed by atoms with E-state index >= 15 is 0 Å².